The maximum atomic E-state index is 10.1. The number of aryl methyl sites for hydroxylation is 1. The second-order valence-electron chi connectivity index (χ2n) is 2.50. The molecule has 0 amide bonds. The van der Waals surface area contributed by atoms with Crippen molar-refractivity contribution in [3.05, 3.63) is 39.9 Å². The largest absolute Gasteiger partial charge is 0.269 e. The number of hydrogen-bond acceptors (Lipinski definition) is 3. The fourth-order valence-corrected chi connectivity index (χ4v) is 0.666. The van der Waals surface area contributed by atoms with E-state index in [1.54, 1.807) is 23.9 Å². The number of hydrogen-bond donors (Lipinski definition) is 0. The van der Waals surface area contributed by atoms with Crippen molar-refractivity contribution in [2.75, 3.05) is 12.5 Å². The molecule has 0 unspecified atom stereocenters. The highest BCUT2D eigenvalue weighted by molar-refractivity contribution is 7.97. The van der Waals surface area contributed by atoms with Crippen LogP contribution < -0.4 is 0 Å². The summed E-state index contributed by atoms with van der Waals surface area (Å²) < 4.78 is 0. The van der Waals surface area contributed by atoms with Gasteiger partial charge in [-0.05, 0) is 19.4 Å². The summed E-state index contributed by atoms with van der Waals surface area (Å²) in [5.74, 6) is 0. The Balaban J connectivity index is 0.000000424. The Morgan fingerprint density at radius 3 is 1.92 bits per heavy atom. The second-order valence-corrected chi connectivity index (χ2v) is 3.32. The Labute approximate surface area is 82.3 Å². The first kappa shape index (κ1) is 12.0. The predicted molar refractivity (Wildman–Crippen MR) is 57.3 cm³/mol. The molecule has 0 aliphatic rings. The van der Waals surface area contributed by atoms with E-state index in [4.69, 9.17) is 0 Å². The van der Waals surface area contributed by atoms with Gasteiger partial charge < -0.3 is 0 Å². The first-order chi connectivity index (χ1) is 6.11. The molecule has 1 aromatic rings. The Morgan fingerprint density at radius 2 is 1.62 bits per heavy atom. The van der Waals surface area contributed by atoms with E-state index in [0.29, 0.717) is 0 Å². The molecule has 13 heavy (non-hydrogen) atoms. The maximum Gasteiger partial charge on any atom is 0.269 e. The topological polar surface area (TPSA) is 43.1 Å². The SMILES string of the molecule is CSC.Cc1ccc([N+](=O)[O-])cc1. The van der Waals surface area contributed by atoms with Gasteiger partial charge in [0.1, 0.15) is 0 Å². The third-order valence-corrected chi connectivity index (χ3v) is 1.24. The predicted octanol–water partition coefficient (Wildman–Crippen LogP) is 2.88. The minimum absolute atomic E-state index is 0.144. The average Bonchev–Trinajstić information content (AvgIpc) is 2.06. The van der Waals surface area contributed by atoms with Crippen LogP contribution in [0, 0.1) is 17.0 Å². The molecule has 0 aliphatic heterocycles. The van der Waals surface area contributed by atoms with Crippen molar-refractivity contribution >= 4 is 17.4 Å². The zero-order chi connectivity index (χ0) is 10.3. The summed E-state index contributed by atoms with van der Waals surface area (Å²) >= 11 is 1.75. The van der Waals surface area contributed by atoms with Gasteiger partial charge in [-0.2, -0.15) is 11.8 Å². The van der Waals surface area contributed by atoms with Crippen LogP contribution in [0.4, 0.5) is 5.69 Å². The molecule has 4 heteroatoms. The van der Waals surface area contributed by atoms with Crippen molar-refractivity contribution in [2.24, 2.45) is 0 Å². The first-order valence-electron chi connectivity index (χ1n) is 3.73. The lowest BCUT2D eigenvalue weighted by Gasteiger charge is -1.90. The Hall–Kier alpha value is -1.03. The van der Waals surface area contributed by atoms with Crippen LogP contribution in [0.25, 0.3) is 0 Å². The minimum Gasteiger partial charge on any atom is -0.258 e. The number of non-ortho nitro benzene ring substituents is 1. The summed E-state index contributed by atoms with van der Waals surface area (Å²) in [5.41, 5.74) is 1.18. The van der Waals surface area contributed by atoms with Gasteiger partial charge in [-0.1, -0.05) is 17.7 Å². The number of rotatable bonds is 1. The van der Waals surface area contributed by atoms with Crippen LogP contribution in [0.5, 0.6) is 0 Å². The smallest absolute Gasteiger partial charge is 0.258 e. The first-order valence-corrected chi connectivity index (χ1v) is 5.36. The van der Waals surface area contributed by atoms with E-state index < -0.39 is 4.92 Å². The maximum absolute atomic E-state index is 10.1. The molecule has 0 bridgehead atoms. The summed E-state index contributed by atoms with van der Waals surface area (Å²) in [7, 11) is 0. The van der Waals surface area contributed by atoms with Gasteiger partial charge in [0.05, 0.1) is 4.92 Å². The number of benzene rings is 1. The van der Waals surface area contributed by atoms with E-state index in [0.717, 1.165) is 5.56 Å². The molecule has 72 valence electrons. The van der Waals surface area contributed by atoms with Gasteiger partial charge in [0.25, 0.3) is 5.69 Å². The summed E-state index contributed by atoms with van der Waals surface area (Å²) in [6.45, 7) is 1.89. The van der Waals surface area contributed by atoms with E-state index in [-0.39, 0.29) is 5.69 Å². The van der Waals surface area contributed by atoms with Gasteiger partial charge in [0.15, 0.2) is 0 Å². The molecule has 0 atom stereocenters. The van der Waals surface area contributed by atoms with Crippen molar-refractivity contribution in [3.8, 4) is 0 Å². The van der Waals surface area contributed by atoms with E-state index in [1.165, 1.54) is 12.1 Å². The molecular weight excluding hydrogens is 186 g/mol. The van der Waals surface area contributed by atoms with E-state index in [2.05, 4.69) is 0 Å². The summed E-state index contributed by atoms with van der Waals surface area (Å²) in [6, 6.07) is 6.43. The van der Waals surface area contributed by atoms with Crippen LogP contribution >= 0.6 is 11.8 Å². The van der Waals surface area contributed by atoms with Gasteiger partial charge in [-0.15, -0.1) is 0 Å². The van der Waals surface area contributed by atoms with Gasteiger partial charge in [-0.3, -0.25) is 10.1 Å². The van der Waals surface area contributed by atoms with E-state index >= 15 is 0 Å². The van der Waals surface area contributed by atoms with Gasteiger partial charge in [0.2, 0.25) is 0 Å². The zero-order valence-electron chi connectivity index (χ0n) is 7.98. The Kier molecular flexibility index (Phi) is 5.97. The van der Waals surface area contributed by atoms with Crippen LogP contribution in [-0.4, -0.2) is 17.4 Å². The fraction of sp³-hybridized carbons (Fsp3) is 0.333. The molecule has 0 saturated heterocycles. The van der Waals surface area contributed by atoms with Gasteiger partial charge in [0, 0.05) is 12.1 Å². The number of nitro benzene ring substituents is 1. The monoisotopic (exact) mass is 199 g/mol. The molecule has 1 rings (SSSR count). The Bertz CT molecular complexity index is 259. The zero-order valence-corrected chi connectivity index (χ0v) is 8.80. The molecule has 3 nitrogen and oxygen atoms in total. The number of nitro groups is 1. The standard InChI is InChI=1S/C7H7NO2.C2H6S/c1-6-2-4-7(5-3-6)8(9)10;1-3-2/h2-5H,1H3;1-2H3. The minimum atomic E-state index is -0.403. The molecule has 0 saturated carbocycles. The van der Waals surface area contributed by atoms with Crippen LogP contribution in [0.15, 0.2) is 24.3 Å². The van der Waals surface area contributed by atoms with Crippen LogP contribution in [-0.2, 0) is 0 Å². The van der Waals surface area contributed by atoms with Gasteiger partial charge in [-0.25, -0.2) is 0 Å². The molecule has 0 aliphatic carbocycles. The summed E-state index contributed by atoms with van der Waals surface area (Å²) in [6.07, 6.45) is 4.08. The third kappa shape index (κ3) is 5.25. The lowest BCUT2D eigenvalue weighted by Crippen LogP contribution is -1.86. The lowest BCUT2D eigenvalue weighted by molar-refractivity contribution is -0.384. The quantitative estimate of drug-likeness (QED) is 0.516. The normalized spacial score (nSPS) is 8.54. The number of thioether (sulfide) groups is 1. The van der Waals surface area contributed by atoms with Crippen LogP contribution in [0.2, 0.25) is 0 Å². The van der Waals surface area contributed by atoms with Crippen molar-refractivity contribution in [3.63, 3.8) is 0 Å². The van der Waals surface area contributed by atoms with Crippen LogP contribution in [0.3, 0.4) is 0 Å². The third-order valence-electron chi connectivity index (χ3n) is 1.24. The van der Waals surface area contributed by atoms with E-state index in [1.807, 2.05) is 19.4 Å². The summed E-state index contributed by atoms with van der Waals surface area (Å²) in [4.78, 5) is 9.71. The molecule has 0 spiro atoms. The molecule has 0 fully saturated rings. The average molecular weight is 199 g/mol. The molecule has 0 N–H and O–H groups in total. The van der Waals surface area contributed by atoms with Crippen molar-refractivity contribution in [2.45, 2.75) is 6.92 Å². The highest BCUT2D eigenvalue weighted by Crippen LogP contribution is 2.10. The van der Waals surface area contributed by atoms with Crippen molar-refractivity contribution < 1.29 is 4.92 Å². The molecule has 0 heterocycles. The number of nitrogens with zero attached hydrogens (tertiary/aromatic N) is 1. The fourth-order valence-electron chi connectivity index (χ4n) is 0.666. The van der Waals surface area contributed by atoms with Crippen molar-refractivity contribution in [1.29, 1.82) is 0 Å². The second kappa shape index (κ2) is 6.48. The summed E-state index contributed by atoms with van der Waals surface area (Å²) in [5, 5.41) is 10.1. The molecular formula is C9H13NO2S. The highest BCUT2D eigenvalue weighted by atomic mass is 32.2. The van der Waals surface area contributed by atoms with Crippen LogP contribution in [0.1, 0.15) is 5.56 Å². The highest BCUT2D eigenvalue weighted by Gasteiger charge is 2.00. The lowest BCUT2D eigenvalue weighted by atomic mass is 10.2. The Morgan fingerprint density at radius 1 is 1.23 bits per heavy atom. The molecule has 1 aromatic carbocycles. The van der Waals surface area contributed by atoms with Crippen molar-refractivity contribution in [1.82, 2.24) is 0 Å². The van der Waals surface area contributed by atoms with E-state index in [9.17, 15) is 10.1 Å². The molecule has 0 radical (unpaired) electrons. The van der Waals surface area contributed by atoms with Gasteiger partial charge >= 0.3 is 0 Å². The molecule has 0 aromatic heterocycles.